The maximum Gasteiger partial charge on any atom is 0.0499 e. The zero-order valence-electron chi connectivity index (χ0n) is 6.84. The third-order valence-corrected chi connectivity index (χ3v) is 3.07. The highest BCUT2D eigenvalue weighted by molar-refractivity contribution is 4.99. The zero-order chi connectivity index (χ0) is 7.14. The van der Waals surface area contributed by atoms with Gasteiger partial charge >= 0.3 is 0 Å². The van der Waals surface area contributed by atoms with Crippen LogP contribution in [0.15, 0.2) is 0 Å². The molecule has 2 rings (SSSR count). The second kappa shape index (κ2) is 2.23. The summed E-state index contributed by atoms with van der Waals surface area (Å²) in [5, 5.41) is 0. The van der Waals surface area contributed by atoms with Gasteiger partial charge in [0.1, 0.15) is 0 Å². The van der Waals surface area contributed by atoms with Gasteiger partial charge in [0.2, 0.25) is 0 Å². The molecular formula is C9H16O. The molecule has 2 aliphatic rings. The molecule has 2 unspecified atom stereocenters. The number of hydrogen-bond donors (Lipinski definition) is 0. The molecule has 3 atom stereocenters. The van der Waals surface area contributed by atoms with E-state index in [1.165, 1.54) is 6.42 Å². The van der Waals surface area contributed by atoms with E-state index in [9.17, 15) is 0 Å². The van der Waals surface area contributed by atoms with Crippen LogP contribution in [0.2, 0.25) is 0 Å². The van der Waals surface area contributed by atoms with E-state index >= 15 is 0 Å². The van der Waals surface area contributed by atoms with Crippen LogP contribution in [-0.4, -0.2) is 13.2 Å². The van der Waals surface area contributed by atoms with Crippen LogP contribution in [0.4, 0.5) is 0 Å². The molecule has 0 aromatic rings. The minimum Gasteiger partial charge on any atom is -0.381 e. The molecule has 0 bridgehead atoms. The highest BCUT2D eigenvalue weighted by atomic mass is 16.5. The lowest BCUT2D eigenvalue weighted by molar-refractivity contribution is 0.0882. The fourth-order valence-corrected chi connectivity index (χ4v) is 2.54. The van der Waals surface area contributed by atoms with Crippen LogP contribution in [0.1, 0.15) is 20.3 Å². The Morgan fingerprint density at radius 2 is 2.10 bits per heavy atom. The Morgan fingerprint density at radius 1 is 1.30 bits per heavy atom. The van der Waals surface area contributed by atoms with Gasteiger partial charge in [-0.1, -0.05) is 13.8 Å². The van der Waals surface area contributed by atoms with Gasteiger partial charge in [0.05, 0.1) is 0 Å². The number of hydrogen-bond acceptors (Lipinski definition) is 1. The molecule has 58 valence electrons. The van der Waals surface area contributed by atoms with Crippen LogP contribution < -0.4 is 0 Å². The summed E-state index contributed by atoms with van der Waals surface area (Å²) in [6, 6.07) is 0. The first kappa shape index (κ1) is 6.66. The molecule has 1 nitrogen and oxygen atoms in total. The minimum atomic E-state index is 0.886. The Labute approximate surface area is 62.8 Å². The summed E-state index contributed by atoms with van der Waals surface area (Å²) >= 11 is 0. The topological polar surface area (TPSA) is 9.23 Å². The Kier molecular flexibility index (Phi) is 1.48. The average Bonchev–Trinajstić information content (AvgIpc) is 2.60. The lowest BCUT2D eigenvalue weighted by Gasteiger charge is -2.07. The van der Waals surface area contributed by atoms with Crippen LogP contribution in [0, 0.1) is 23.7 Å². The summed E-state index contributed by atoms with van der Waals surface area (Å²) in [6.45, 7) is 6.74. The smallest absolute Gasteiger partial charge is 0.0499 e. The van der Waals surface area contributed by atoms with Crippen molar-refractivity contribution < 1.29 is 4.74 Å². The third-order valence-electron chi connectivity index (χ3n) is 3.07. The molecule has 0 aromatic heterocycles. The zero-order valence-corrected chi connectivity index (χ0v) is 6.84. The molecule has 1 aliphatic carbocycles. The molecule has 1 saturated carbocycles. The van der Waals surface area contributed by atoms with Crippen molar-refractivity contribution in [1.29, 1.82) is 0 Å². The Morgan fingerprint density at radius 3 is 2.60 bits per heavy atom. The maximum atomic E-state index is 5.40. The molecule has 0 spiro atoms. The highest BCUT2D eigenvalue weighted by Crippen LogP contribution is 2.54. The second-order valence-corrected chi connectivity index (χ2v) is 4.01. The van der Waals surface area contributed by atoms with Crippen molar-refractivity contribution in [2.45, 2.75) is 20.3 Å². The molecule has 1 saturated heterocycles. The SMILES string of the molecule is CC(C)C1C2CCOC[C@H]21. The summed E-state index contributed by atoms with van der Waals surface area (Å²) in [5.74, 6) is 3.86. The Balaban J connectivity index is 1.93. The first-order valence-corrected chi connectivity index (χ1v) is 4.38. The third kappa shape index (κ3) is 0.878. The molecule has 0 N–H and O–H groups in total. The van der Waals surface area contributed by atoms with Crippen molar-refractivity contribution in [3.8, 4) is 0 Å². The molecule has 0 radical (unpaired) electrons. The van der Waals surface area contributed by atoms with E-state index in [2.05, 4.69) is 13.8 Å². The first-order chi connectivity index (χ1) is 4.80. The summed E-state index contributed by atoms with van der Waals surface area (Å²) in [7, 11) is 0. The van der Waals surface area contributed by atoms with Crippen molar-refractivity contribution in [1.82, 2.24) is 0 Å². The predicted octanol–water partition coefficient (Wildman–Crippen LogP) is 1.92. The van der Waals surface area contributed by atoms with Gasteiger partial charge in [-0.15, -0.1) is 0 Å². The summed E-state index contributed by atoms with van der Waals surface area (Å²) < 4.78 is 5.40. The van der Waals surface area contributed by atoms with Crippen molar-refractivity contribution in [2.24, 2.45) is 23.7 Å². The molecule has 1 heterocycles. The Hall–Kier alpha value is -0.0400. The van der Waals surface area contributed by atoms with Gasteiger partial charge < -0.3 is 4.74 Å². The average molecular weight is 140 g/mol. The van der Waals surface area contributed by atoms with E-state index in [-0.39, 0.29) is 0 Å². The van der Waals surface area contributed by atoms with E-state index in [0.717, 1.165) is 36.9 Å². The van der Waals surface area contributed by atoms with Gasteiger partial charge in [-0.2, -0.15) is 0 Å². The molecule has 2 fully saturated rings. The number of fused-ring (bicyclic) bond motifs is 1. The largest absolute Gasteiger partial charge is 0.381 e. The van der Waals surface area contributed by atoms with Crippen molar-refractivity contribution in [3.05, 3.63) is 0 Å². The van der Waals surface area contributed by atoms with E-state index in [4.69, 9.17) is 4.74 Å². The lowest BCUT2D eigenvalue weighted by atomic mass is 10.1. The normalized spacial score (nSPS) is 45.3. The van der Waals surface area contributed by atoms with Crippen molar-refractivity contribution >= 4 is 0 Å². The molecule has 0 amide bonds. The standard InChI is InChI=1S/C9H16O/c1-6(2)9-7-3-4-10-5-8(7)9/h6-9H,3-5H2,1-2H3/t7?,8-,9?/m1/s1. The summed E-state index contributed by atoms with van der Waals surface area (Å²) in [6.07, 6.45) is 1.33. The Bertz CT molecular complexity index is 119. The van der Waals surface area contributed by atoms with Gasteiger partial charge in [-0.05, 0) is 30.1 Å². The fourth-order valence-electron chi connectivity index (χ4n) is 2.54. The van der Waals surface area contributed by atoms with Crippen LogP contribution in [0.3, 0.4) is 0 Å². The van der Waals surface area contributed by atoms with E-state index in [1.807, 2.05) is 0 Å². The molecule has 0 aromatic carbocycles. The van der Waals surface area contributed by atoms with Gasteiger partial charge in [0.25, 0.3) is 0 Å². The van der Waals surface area contributed by atoms with Crippen LogP contribution in [-0.2, 0) is 4.74 Å². The first-order valence-electron chi connectivity index (χ1n) is 4.38. The maximum absolute atomic E-state index is 5.40. The van der Waals surface area contributed by atoms with E-state index in [1.54, 1.807) is 0 Å². The summed E-state index contributed by atoms with van der Waals surface area (Å²) in [4.78, 5) is 0. The fraction of sp³-hybridized carbons (Fsp3) is 1.00. The lowest BCUT2D eigenvalue weighted by Crippen LogP contribution is -2.07. The molecular weight excluding hydrogens is 124 g/mol. The van der Waals surface area contributed by atoms with E-state index < -0.39 is 0 Å². The monoisotopic (exact) mass is 140 g/mol. The second-order valence-electron chi connectivity index (χ2n) is 4.01. The van der Waals surface area contributed by atoms with Gasteiger partial charge in [-0.3, -0.25) is 0 Å². The van der Waals surface area contributed by atoms with Crippen LogP contribution in [0.25, 0.3) is 0 Å². The van der Waals surface area contributed by atoms with Crippen LogP contribution in [0.5, 0.6) is 0 Å². The number of rotatable bonds is 1. The quantitative estimate of drug-likeness (QED) is 0.540. The van der Waals surface area contributed by atoms with Gasteiger partial charge in [0.15, 0.2) is 0 Å². The molecule has 1 aliphatic heterocycles. The van der Waals surface area contributed by atoms with Gasteiger partial charge in [-0.25, -0.2) is 0 Å². The van der Waals surface area contributed by atoms with Crippen molar-refractivity contribution in [3.63, 3.8) is 0 Å². The van der Waals surface area contributed by atoms with Crippen LogP contribution >= 0.6 is 0 Å². The molecule has 1 heteroatoms. The highest BCUT2D eigenvalue weighted by Gasteiger charge is 2.52. The summed E-state index contributed by atoms with van der Waals surface area (Å²) in [5.41, 5.74) is 0. The minimum absolute atomic E-state index is 0.886. The number of ether oxygens (including phenoxy) is 1. The predicted molar refractivity (Wildman–Crippen MR) is 40.7 cm³/mol. The van der Waals surface area contributed by atoms with E-state index in [0.29, 0.717) is 0 Å². The van der Waals surface area contributed by atoms with Gasteiger partial charge in [0, 0.05) is 13.2 Å². The van der Waals surface area contributed by atoms with Crippen molar-refractivity contribution in [2.75, 3.05) is 13.2 Å². The molecule has 10 heavy (non-hydrogen) atoms.